The highest BCUT2D eigenvalue weighted by Gasteiger charge is 2.20. The molecular formula is C14H17F4NO2. The van der Waals surface area contributed by atoms with Crippen LogP contribution < -0.4 is 5.32 Å². The number of halogens is 4. The predicted molar refractivity (Wildman–Crippen MR) is 70.1 cm³/mol. The van der Waals surface area contributed by atoms with Crippen LogP contribution in [0.4, 0.5) is 22.4 Å². The number of Topliss-reactive ketones (excluding diaryl/α,β-unsaturated/α-hetero) is 1. The number of hydrogen-bond donors (Lipinski definition) is 1. The van der Waals surface area contributed by atoms with Gasteiger partial charge in [-0.05, 0) is 18.6 Å². The zero-order chi connectivity index (χ0) is 16.6. The first kappa shape index (κ1) is 19.1. The van der Waals surface area contributed by atoms with E-state index in [-0.39, 0.29) is 5.56 Å². The fourth-order valence-electron chi connectivity index (χ4n) is 1.37. The second-order valence-corrected chi connectivity index (χ2v) is 4.35. The highest BCUT2D eigenvalue weighted by atomic mass is 19.2. The Labute approximate surface area is 120 Å². The maximum atomic E-state index is 13.3. The molecular weight excluding hydrogens is 290 g/mol. The number of ketones is 1. The van der Waals surface area contributed by atoms with E-state index >= 15 is 0 Å². The molecule has 1 N–H and O–H groups in total. The van der Waals surface area contributed by atoms with Crippen molar-refractivity contribution in [3.05, 3.63) is 35.1 Å². The van der Waals surface area contributed by atoms with Gasteiger partial charge in [-0.1, -0.05) is 20.3 Å². The predicted octanol–water partition coefficient (Wildman–Crippen LogP) is 3.70. The van der Waals surface area contributed by atoms with Gasteiger partial charge in [0.05, 0.1) is 6.04 Å². The second-order valence-electron chi connectivity index (χ2n) is 4.35. The molecule has 0 aromatic heterocycles. The number of carbonyl (C=O) groups excluding carboxylic acids is 2. The van der Waals surface area contributed by atoms with Gasteiger partial charge < -0.3 is 5.32 Å². The number of nitrogens with one attached hydrogen (secondary N) is 1. The topological polar surface area (TPSA) is 46.2 Å². The standard InChI is InChI=1S/C11H9F4NO2.C3H8/c1-5(17)10(16-11(15)18)3-6-2-8(13)9(14)4-7(6)12;1-3-2/h2,4,10H,3H2,1H3,(H,16,18);3H2,1-2H3. The maximum absolute atomic E-state index is 13.3. The summed E-state index contributed by atoms with van der Waals surface area (Å²) in [6, 6.07) is -0.453. The molecule has 3 nitrogen and oxygen atoms in total. The van der Waals surface area contributed by atoms with Gasteiger partial charge in [0.25, 0.3) is 0 Å². The lowest BCUT2D eigenvalue weighted by Crippen LogP contribution is -2.39. The van der Waals surface area contributed by atoms with E-state index in [1.807, 2.05) is 0 Å². The van der Waals surface area contributed by atoms with Crippen molar-refractivity contribution >= 4 is 11.9 Å². The number of carbonyl (C=O) groups is 2. The summed E-state index contributed by atoms with van der Waals surface area (Å²) in [5.74, 6) is -4.37. The Morgan fingerprint density at radius 3 is 2.00 bits per heavy atom. The third-order valence-corrected chi connectivity index (χ3v) is 2.29. The molecule has 1 unspecified atom stereocenters. The number of hydrogen-bond acceptors (Lipinski definition) is 2. The van der Waals surface area contributed by atoms with E-state index in [1.54, 1.807) is 5.32 Å². The fourth-order valence-corrected chi connectivity index (χ4v) is 1.37. The van der Waals surface area contributed by atoms with Crippen molar-refractivity contribution in [2.75, 3.05) is 0 Å². The summed E-state index contributed by atoms with van der Waals surface area (Å²) in [7, 11) is 0. The molecule has 0 aliphatic carbocycles. The molecule has 0 fully saturated rings. The molecule has 0 bridgehead atoms. The Morgan fingerprint density at radius 2 is 1.57 bits per heavy atom. The van der Waals surface area contributed by atoms with Gasteiger partial charge in [-0.2, -0.15) is 0 Å². The van der Waals surface area contributed by atoms with Crippen LogP contribution in [0.2, 0.25) is 0 Å². The second kappa shape index (κ2) is 9.10. The highest BCUT2D eigenvalue weighted by molar-refractivity contribution is 5.85. The monoisotopic (exact) mass is 307 g/mol. The molecule has 0 aliphatic heterocycles. The molecule has 0 radical (unpaired) electrons. The van der Waals surface area contributed by atoms with Crippen LogP contribution >= 0.6 is 0 Å². The molecule has 1 amide bonds. The lowest BCUT2D eigenvalue weighted by molar-refractivity contribution is -0.118. The summed E-state index contributed by atoms with van der Waals surface area (Å²) in [5, 5.41) is 1.65. The Bertz CT molecular complexity index is 506. The molecule has 1 aromatic carbocycles. The molecule has 7 heteroatoms. The first-order valence-electron chi connectivity index (χ1n) is 6.32. The van der Waals surface area contributed by atoms with Crippen molar-refractivity contribution < 1.29 is 27.2 Å². The van der Waals surface area contributed by atoms with Crippen molar-refractivity contribution in [2.45, 2.75) is 39.7 Å². The molecule has 118 valence electrons. The van der Waals surface area contributed by atoms with Crippen LogP contribution in [0.1, 0.15) is 32.8 Å². The molecule has 1 rings (SSSR count). The third-order valence-electron chi connectivity index (χ3n) is 2.29. The van der Waals surface area contributed by atoms with E-state index < -0.39 is 41.9 Å². The summed E-state index contributed by atoms with van der Waals surface area (Å²) in [4.78, 5) is 21.3. The van der Waals surface area contributed by atoms with Gasteiger partial charge in [-0.15, -0.1) is 4.39 Å². The SMILES string of the molecule is CC(=O)C(Cc1cc(F)c(F)cc1F)NC(=O)F.CCC. The van der Waals surface area contributed by atoms with Crippen molar-refractivity contribution in [3.8, 4) is 0 Å². The third kappa shape index (κ3) is 6.87. The fraction of sp³-hybridized carbons (Fsp3) is 0.429. The first-order chi connectivity index (χ1) is 9.72. The van der Waals surface area contributed by atoms with Crippen LogP contribution in [0.3, 0.4) is 0 Å². The molecule has 21 heavy (non-hydrogen) atoms. The normalized spacial score (nSPS) is 11.2. The Hall–Kier alpha value is -1.92. The van der Waals surface area contributed by atoms with Gasteiger partial charge >= 0.3 is 6.16 Å². The minimum atomic E-state index is -1.96. The van der Waals surface area contributed by atoms with E-state index in [0.29, 0.717) is 12.1 Å². The van der Waals surface area contributed by atoms with Crippen LogP contribution in [0.25, 0.3) is 0 Å². The summed E-state index contributed by atoms with van der Waals surface area (Å²) in [6.07, 6.45) is -1.17. The highest BCUT2D eigenvalue weighted by Crippen LogP contribution is 2.15. The molecule has 0 heterocycles. The first-order valence-corrected chi connectivity index (χ1v) is 6.32. The van der Waals surface area contributed by atoms with Gasteiger partial charge in [0.2, 0.25) is 0 Å². The largest absolute Gasteiger partial charge is 0.397 e. The van der Waals surface area contributed by atoms with Crippen molar-refractivity contribution in [3.63, 3.8) is 0 Å². The number of rotatable bonds is 4. The van der Waals surface area contributed by atoms with Gasteiger partial charge in [-0.3, -0.25) is 4.79 Å². The molecule has 1 atom stereocenters. The average Bonchev–Trinajstić information content (AvgIpc) is 2.35. The minimum Gasteiger partial charge on any atom is -0.318 e. The van der Waals surface area contributed by atoms with Crippen LogP contribution in [0, 0.1) is 17.5 Å². The van der Waals surface area contributed by atoms with Gasteiger partial charge in [0, 0.05) is 12.5 Å². The molecule has 0 spiro atoms. The van der Waals surface area contributed by atoms with Gasteiger partial charge in [0.15, 0.2) is 17.4 Å². The summed E-state index contributed by atoms with van der Waals surface area (Å²) in [5.41, 5.74) is -0.331. The van der Waals surface area contributed by atoms with Crippen LogP contribution in [0.15, 0.2) is 12.1 Å². The van der Waals surface area contributed by atoms with Gasteiger partial charge in [-0.25, -0.2) is 18.0 Å². The Kier molecular flexibility index (Phi) is 8.26. The molecule has 0 saturated carbocycles. The lowest BCUT2D eigenvalue weighted by atomic mass is 10.0. The summed E-state index contributed by atoms with van der Waals surface area (Å²) >= 11 is 0. The molecule has 0 saturated heterocycles. The lowest BCUT2D eigenvalue weighted by Gasteiger charge is -2.14. The van der Waals surface area contributed by atoms with E-state index in [9.17, 15) is 27.2 Å². The van der Waals surface area contributed by atoms with E-state index in [0.717, 1.165) is 6.92 Å². The van der Waals surface area contributed by atoms with E-state index in [1.165, 1.54) is 6.42 Å². The van der Waals surface area contributed by atoms with Gasteiger partial charge in [0.1, 0.15) is 5.82 Å². The Balaban J connectivity index is 0.00000122. The molecule has 0 aliphatic rings. The zero-order valence-corrected chi connectivity index (χ0v) is 12.0. The van der Waals surface area contributed by atoms with Crippen molar-refractivity contribution in [1.29, 1.82) is 0 Å². The van der Waals surface area contributed by atoms with Crippen LogP contribution in [-0.4, -0.2) is 18.0 Å². The van der Waals surface area contributed by atoms with Crippen LogP contribution in [0.5, 0.6) is 0 Å². The quantitative estimate of drug-likeness (QED) is 0.399. The Morgan fingerprint density at radius 1 is 1.10 bits per heavy atom. The van der Waals surface area contributed by atoms with Crippen molar-refractivity contribution in [2.24, 2.45) is 0 Å². The summed E-state index contributed by atoms with van der Waals surface area (Å²) in [6.45, 7) is 5.30. The van der Waals surface area contributed by atoms with Crippen LogP contribution in [-0.2, 0) is 11.2 Å². The molecule has 1 aromatic rings. The number of amides is 1. The minimum absolute atomic E-state index is 0.319. The van der Waals surface area contributed by atoms with E-state index in [4.69, 9.17) is 0 Å². The number of benzene rings is 1. The smallest absolute Gasteiger partial charge is 0.318 e. The maximum Gasteiger partial charge on any atom is 0.397 e. The zero-order valence-electron chi connectivity index (χ0n) is 12.0. The van der Waals surface area contributed by atoms with E-state index in [2.05, 4.69) is 13.8 Å². The average molecular weight is 307 g/mol. The summed E-state index contributed by atoms with van der Waals surface area (Å²) < 4.78 is 50.9. The van der Waals surface area contributed by atoms with Crippen molar-refractivity contribution in [1.82, 2.24) is 5.32 Å².